The molecular formula is C17H19FN2O2. The number of ether oxygens (including phenoxy) is 1. The molecule has 5 heteroatoms. The van der Waals surface area contributed by atoms with Crippen molar-refractivity contribution in [2.45, 2.75) is 26.5 Å². The number of rotatable bonds is 5. The van der Waals surface area contributed by atoms with Crippen LogP contribution < -0.4 is 15.8 Å². The van der Waals surface area contributed by atoms with E-state index in [1.807, 2.05) is 13.8 Å². The Kier molecular flexibility index (Phi) is 4.99. The van der Waals surface area contributed by atoms with Gasteiger partial charge in [0.25, 0.3) is 5.91 Å². The molecule has 0 atom stereocenters. The van der Waals surface area contributed by atoms with Crippen molar-refractivity contribution < 1.29 is 13.9 Å². The highest BCUT2D eigenvalue weighted by Gasteiger charge is 2.11. The fourth-order valence-electron chi connectivity index (χ4n) is 1.92. The Balaban J connectivity index is 2.14. The Bertz CT molecular complexity index is 671. The number of amides is 1. The van der Waals surface area contributed by atoms with E-state index in [2.05, 4.69) is 5.32 Å². The molecule has 0 unspecified atom stereocenters. The van der Waals surface area contributed by atoms with Crippen LogP contribution in [0.4, 0.5) is 10.1 Å². The summed E-state index contributed by atoms with van der Waals surface area (Å²) in [5, 5.41) is 2.79. The molecule has 0 fully saturated rings. The first-order chi connectivity index (χ1) is 10.5. The number of hydrogen-bond donors (Lipinski definition) is 2. The molecule has 0 aliphatic heterocycles. The summed E-state index contributed by atoms with van der Waals surface area (Å²) in [5.41, 5.74) is 7.12. The van der Waals surface area contributed by atoms with Gasteiger partial charge in [-0.15, -0.1) is 0 Å². The van der Waals surface area contributed by atoms with Crippen molar-refractivity contribution in [3.8, 4) is 5.75 Å². The lowest BCUT2D eigenvalue weighted by Gasteiger charge is -2.12. The minimum atomic E-state index is -0.338. The van der Waals surface area contributed by atoms with E-state index in [-0.39, 0.29) is 24.4 Å². The quantitative estimate of drug-likeness (QED) is 0.834. The van der Waals surface area contributed by atoms with Crippen LogP contribution in [0.5, 0.6) is 5.75 Å². The number of nitrogen functional groups attached to an aromatic ring is 1. The van der Waals surface area contributed by atoms with Crippen molar-refractivity contribution >= 4 is 11.6 Å². The molecule has 0 aliphatic carbocycles. The van der Waals surface area contributed by atoms with Gasteiger partial charge < -0.3 is 15.8 Å². The number of anilines is 1. The Morgan fingerprint density at radius 1 is 1.27 bits per heavy atom. The summed E-state index contributed by atoms with van der Waals surface area (Å²) in [4.78, 5) is 12.0. The third-order valence-corrected chi connectivity index (χ3v) is 3.04. The molecule has 0 aromatic heterocycles. The number of halogens is 1. The summed E-state index contributed by atoms with van der Waals surface area (Å²) >= 11 is 0. The molecule has 4 nitrogen and oxygen atoms in total. The van der Waals surface area contributed by atoms with Gasteiger partial charge >= 0.3 is 0 Å². The van der Waals surface area contributed by atoms with Crippen molar-refractivity contribution in [3.63, 3.8) is 0 Å². The average Bonchev–Trinajstić information content (AvgIpc) is 2.47. The van der Waals surface area contributed by atoms with Crippen molar-refractivity contribution in [2.24, 2.45) is 0 Å². The zero-order valence-electron chi connectivity index (χ0n) is 12.6. The predicted octanol–water partition coefficient (Wildman–Crippen LogP) is 3.13. The van der Waals surface area contributed by atoms with Crippen LogP contribution in [0.15, 0.2) is 42.5 Å². The van der Waals surface area contributed by atoms with Crippen molar-refractivity contribution in [3.05, 3.63) is 59.4 Å². The molecule has 116 valence electrons. The van der Waals surface area contributed by atoms with Gasteiger partial charge in [-0.1, -0.05) is 18.2 Å². The maximum Gasteiger partial charge on any atom is 0.251 e. The van der Waals surface area contributed by atoms with Crippen LogP contribution in [0, 0.1) is 5.82 Å². The molecule has 1 amide bonds. The Morgan fingerprint density at radius 3 is 2.68 bits per heavy atom. The van der Waals surface area contributed by atoms with Crippen molar-refractivity contribution in [1.29, 1.82) is 0 Å². The SMILES string of the molecule is CC(C)NC(=O)c1ccc(N)c(OCc2ccccc2F)c1. The molecule has 3 N–H and O–H groups in total. The fraction of sp³-hybridized carbons (Fsp3) is 0.235. The maximum absolute atomic E-state index is 13.6. The Morgan fingerprint density at radius 2 is 2.00 bits per heavy atom. The van der Waals surface area contributed by atoms with E-state index in [4.69, 9.17) is 10.5 Å². The zero-order valence-corrected chi connectivity index (χ0v) is 12.6. The van der Waals surface area contributed by atoms with Gasteiger partial charge in [0, 0.05) is 17.2 Å². The molecule has 0 radical (unpaired) electrons. The molecule has 2 aromatic carbocycles. The van der Waals surface area contributed by atoms with Crippen LogP contribution in [0.1, 0.15) is 29.8 Å². The monoisotopic (exact) mass is 302 g/mol. The number of hydrogen-bond acceptors (Lipinski definition) is 3. The van der Waals surface area contributed by atoms with Gasteiger partial charge in [-0.05, 0) is 38.1 Å². The highest BCUT2D eigenvalue weighted by molar-refractivity contribution is 5.95. The molecular weight excluding hydrogens is 283 g/mol. The molecule has 0 spiro atoms. The van der Waals surface area contributed by atoms with E-state index in [9.17, 15) is 9.18 Å². The minimum absolute atomic E-state index is 0.0350. The van der Waals surface area contributed by atoms with Crippen molar-refractivity contribution in [1.82, 2.24) is 5.32 Å². The molecule has 2 rings (SSSR count). The predicted molar refractivity (Wildman–Crippen MR) is 84.2 cm³/mol. The number of nitrogens with one attached hydrogen (secondary N) is 1. The van der Waals surface area contributed by atoms with Gasteiger partial charge in [0.2, 0.25) is 0 Å². The van der Waals surface area contributed by atoms with Crippen LogP contribution >= 0.6 is 0 Å². The molecule has 2 aromatic rings. The van der Waals surface area contributed by atoms with E-state index in [1.54, 1.807) is 36.4 Å². The summed E-state index contributed by atoms with van der Waals surface area (Å²) in [5.74, 6) is -0.180. The summed E-state index contributed by atoms with van der Waals surface area (Å²) in [6, 6.07) is 11.2. The molecule has 0 saturated heterocycles. The first kappa shape index (κ1) is 15.8. The highest BCUT2D eigenvalue weighted by Crippen LogP contribution is 2.24. The summed E-state index contributed by atoms with van der Waals surface area (Å²) < 4.78 is 19.1. The number of carbonyl (C=O) groups is 1. The van der Waals surface area contributed by atoms with E-state index in [1.165, 1.54) is 6.07 Å². The second-order valence-electron chi connectivity index (χ2n) is 5.26. The molecule has 0 aliphatic rings. The van der Waals surface area contributed by atoms with E-state index < -0.39 is 0 Å². The second kappa shape index (κ2) is 6.93. The normalized spacial score (nSPS) is 10.5. The van der Waals surface area contributed by atoms with Crippen LogP contribution in [0.3, 0.4) is 0 Å². The van der Waals surface area contributed by atoms with Crippen LogP contribution in [0.25, 0.3) is 0 Å². The Labute approximate surface area is 129 Å². The molecule has 0 saturated carbocycles. The van der Waals surface area contributed by atoms with E-state index in [0.717, 1.165) is 0 Å². The second-order valence-corrected chi connectivity index (χ2v) is 5.26. The first-order valence-electron chi connectivity index (χ1n) is 7.04. The molecule has 0 heterocycles. The first-order valence-corrected chi connectivity index (χ1v) is 7.04. The fourth-order valence-corrected chi connectivity index (χ4v) is 1.92. The summed E-state index contributed by atoms with van der Waals surface area (Å²) in [7, 11) is 0. The maximum atomic E-state index is 13.6. The van der Waals surface area contributed by atoms with Gasteiger partial charge in [0.05, 0.1) is 5.69 Å². The van der Waals surface area contributed by atoms with Gasteiger partial charge in [-0.25, -0.2) is 4.39 Å². The third kappa shape index (κ3) is 3.97. The largest absolute Gasteiger partial charge is 0.487 e. The van der Waals surface area contributed by atoms with Crippen LogP contribution in [0.2, 0.25) is 0 Å². The standard InChI is InChI=1S/C17H19FN2O2/c1-11(2)20-17(21)12-7-8-15(19)16(9-12)22-10-13-5-3-4-6-14(13)18/h3-9,11H,10,19H2,1-2H3,(H,20,21). The van der Waals surface area contributed by atoms with Gasteiger partial charge in [-0.2, -0.15) is 0 Å². The highest BCUT2D eigenvalue weighted by atomic mass is 19.1. The van der Waals surface area contributed by atoms with Crippen molar-refractivity contribution in [2.75, 3.05) is 5.73 Å². The lowest BCUT2D eigenvalue weighted by molar-refractivity contribution is 0.0942. The number of carbonyl (C=O) groups excluding carboxylic acids is 1. The lowest BCUT2D eigenvalue weighted by Crippen LogP contribution is -2.30. The lowest BCUT2D eigenvalue weighted by atomic mass is 10.1. The average molecular weight is 302 g/mol. The molecule has 22 heavy (non-hydrogen) atoms. The Hall–Kier alpha value is -2.56. The topological polar surface area (TPSA) is 64.4 Å². The van der Waals surface area contributed by atoms with E-state index >= 15 is 0 Å². The van der Waals surface area contributed by atoms with Gasteiger partial charge in [0.15, 0.2) is 0 Å². The molecule has 0 bridgehead atoms. The number of nitrogens with two attached hydrogens (primary N) is 1. The smallest absolute Gasteiger partial charge is 0.251 e. The van der Waals surface area contributed by atoms with Gasteiger partial charge in [-0.3, -0.25) is 4.79 Å². The minimum Gasteiger partial charge on any atom is -0.487 e. The number of benzene rings is 2. The van der Waals surface area contributed by atoms with E-state index in [0.29, 0.717) is 22.6 Å². The summed E-state index contributed by atoms with van der Waals surface area (Å²) in [6.07, 6.45) is 0. The summed E-state index contributed by atoms with van der Waals surface area (Å²) in [6.45, 7) is 3.81. The zero-order chi connectivity index (χ0) is 16.1. The van der Waals surface area contributed by atoms with Gasteiger partial charge in [0.1, 0.15) is 18.2 Å². The van der Waals surface area contributed by atoms with Crippen LogP contribution in [-0.4, -0.2) is 11.9 Å². The van der Waals surface area contributed by atoms with Crippen LogP contribution in [-0.2, 0) is 6.61 Å². The third-order valence-electron chi connectivity index (χ3n) is 3.04.